The van der Waals surface area contributed by atoms with E-state index >= 15 is 0 Å². The van der Waals surface area contributed by atoms with E-state index in [0.717, 1.165) is 15.9 Å². The zero-order valence-corrected chi connectivity index (χ0v) is 18.6. The molecule has 1 aromatic carbocycles. The Bertz CT molecular complexity index is 962. The van der Waals surface area contributed by atoms with Crippen molar-refractivity contribution in [1.29, 1.82) is 0 Å². The third-order valence-corrected chi connectivity index (χ3v) is 5.66. The van der Waals surface area contributed by atoms with Crippen LogP contribution in [-0.4, -0.2) is 31.4 Å². The summed E-state index contributed by atoms with van der Waals surface area (Å²) in [6.07, 6.45) is 1.64. The van der Waals surface area contributed by atoms with Gasteiger partial charge >= 0.3 is 0 Å². The zero-order chi connectivity index (χ0) is 20.3. The van der Waals surface area contributed by atoms with E-state index in [1.165, 1.54) is 17.3 Å². The molecule has 1 amide bonds. The lowest BCUT2D eigenvalue weighted by molar-refractivity contribution is -0.113. The first-order valence-corrected chi connectivity index (χ1v) is 10.6. The summed E-state index contributed by atoms with van der Waals surface area (Å²) in [6, 6.07) is 11.9. The molecule has 3 aromatic rings. The maximum absolute atomic E-state index is 12.1. The molecule has 0 aliphatic heterocycles. The standard InChI is InChI=1S/C20H22BrN5OS/c1-20(2,3)14-7-5-13(6-8-14)18-24-25-19(26(18)4)28-12-17(27)23-16-10-9-15(21)11-22-16/h5-11H,12H2,1-4H3,(H,22,23,27). The Hall–Kier alpha value is -2.19. The summed E-state index contributed by atoms with van der Waals surface area (Å²) in [5.41, 5.74) is 2.38. The molecule has 0 saturated carbocycles. The Morgan fingerprint density at radius 3 is 2.46 bits per heavy atom. The Kier molecular flexibility index (Phi) is 6.20. The van der Waals surface area contributed by atoms with E-state index < -0.39 is 0 Å². The molecule has 0 unspecified atom stereocenters. The summed E-state index contributed by atoms with van der Waals surface area (Å²) in [7, 11) is 1.91. The topological polar surface area (TPSA) is 72.7 Å². The van der Waals surface area contributed by atoms with Crippen molar-refractivity contribution >= 4 is 39.4 Å². The Morgan fingerprint density at radius 2 is 1.86 bits per heavy atom. The number of halogens is 1. The first-order chi connectivity index (χ1) is 13.2. The van der Waals surface area contributed by atoms with Crippen LogP contribution >= 0.6 is 27.7 Å². The van der Waals surface area contributed by atoms with Crippen molar-refractivity contribution < 1.29 is 4.79 Å². The summed E-state index contributed by atoms with van der Waals surface area (Å²) in [5, 5.41) is 12.0. The third-order valence-electron chi connectivity index (χ3n) is 4.17. The number of carbonyl (C=O) groups excluding carboxylic acids is 1. The molecule has 3 rings (SSSR count). The summed E-state index contributed by atoms with van der Waals surface area (Å²) < 4.78 is 2.77. The number of benzene rings is 1. The van der Waals surface area contributed by atoms with Crippen LogP contribution in [0.2, 0.25) is 0 Å². The van der Waals surface area contributed by atoms with Crippen LogP contribution in [0.15, 0.2) is 52.2 Å². The summed E-state index contributed by atoms with van der Waals surface area (Å²) in [5.74, 6) is 1.38. The number of nitrogens with zero attached hydrogens (tertiary/aromatic N) is 4. The molecule has 0 bridgehead atoms. The van der Waals surface area contributed by atoms with E-state index in [1.54, 1.807) is 12.3 Å². The highest BCUT2D eigenvalue weighted by molar-refractivity contribution is 9.10. The van der Waals surface area contributed by atoms with Gasteiger partial charge < -0.3 is 9.88 Å². The fraction of sp³-hybridized carbons (Fsp3) is 0.300. The minimum absolute atomic E-state index is 0.108. The fourth-order valence-corrected chi connectivity index (χ4v) is 3.52. The van der Waals surface area contributed by atoms with Crippen LogP contribution in [-0.2, 0) is 17.3 Å². The molecule has 28 heavy (non-hydrogen) atoms. The molecule has 6 nitrogen and oxygen atoms in total. The molecule has 8 heteroatoms. The van der Waals surface area contributed by atoms with Gasteiger partial charge in [-0.3, -0.25) is 4.79 Å². The lowest BCUT2D eigenvalue weighted by atomic mass is 9.87. The molecule has 0 saturated heterocycles. The molecule has 0 aliphatic carbocycles. The SMILES string of the molecule is Cn1c(SCC(=O)Nc2ccc(Br)cn2)nnc1-c1ccc(C(C)(C)C)cc1. The molecule has 0 aliphatic rings. The number of thioether (sulfide) groups is 1. The first kappa shape index (κ1) is 20.5. The number of hydrogen-bond acceptors (Lipinski definition) is 5. The van der Waals surface area contributed by atoms with Gasteiger partial charge in [0.25, 0.3) is 0 Å². The molecule has 0 fully saturated rings. The van der Waals surface area contributed by atoms with Gasteiger partial charge in [-0.05, 0) is 39.0 Å². The molecule has 2 aromatic heterocycles. The van der Waals surface area contributed by atoms with Gasteiger partial charge in [0.05, 0.1) is 5.75 Å². The molecule has 2 heterocycles. The molecule has 1 N–H and O–H groups in total. The lowest BCUT2D eigenvalue weighted by Crippen LogP contribution is -2.15. The highest BCUT2D eigenvalue weighted by Crippen LogP contribution is 2.27. The van der Waals surface area contributed by atoms with Gasteiger partial charge in [0.1, 0.15) is 5.82 Å². The van der Waals surface area contributed by atoms with Gasteiger partial charge in [0, 0.05) is 23.3 Å². The van der Waals surface area contributed by atoms with Crippen LogP contribution in [0, 0.1) is 0 Å². The highest BCUT2D eigenvalue weighted by Gasteiger charge is 2.16. The maximum atomic E-state index is 12.1. The number of hydrogen-bond donors (Lipinski definition) is 1. The summed E-state index contributed by atoms with van der Waals surface area (Å²) in [4.78, 5) is 16.3. The van der Waals surface area contributed by atoms with Crippen LogP contribution in [0.3, 0.4) is 0 Å². The largest absolute Gasteiger partial charge is 0.310 e. The molecular weight excluding hydrogens is 438 g/mol. The van der Waals surface area contributed by atoms with E-state index in [4.69, 9.17) is 0 Å². The predicted octanol–water partition coefficient (Wildman–Crippen LogP) is 4.67. The number of carbonyl (C=O) groups is 1. The van der Waals surface area contributed by atoms with Gasteiger partial charge in [-0.15, -0.1) is 10.2 Å². The normalized spacial score (nSPS) is 11.5. The van der Waals surface area contributed by atoms with Crippen LogP contribution in [0.25, 0.3) is 11.4 Å². The summed E-state index contributed by atoms with van der Waals surface area (Å²) >= 11 is 4.66. The second-order valence-corrected chi connectivity index (χ2v) is 9.25. The number of nitrogens with one attached hydrogen (secondary N) is 1. The number of rotatable bonds is 5. The lowest BCUT2D eigenvalue weighted by Gasteiger charge is -2.19. The van der Waals surface area contributed by atoms with Gasteiger partial charge in [-0.1, -0.05) is 56.8 Å². The van der Waals surface area contributed by atoms with Crippen molar-refractivity contribution in [2.75, 3.05) is 11.1 Å². The van der Waals surface area contributed by atoms with Gasteiger partial charge in [0.15, 0.2) is 11.0 Å². The van der Waals surface area contributed by atoms with Crippen molar-refractivity contribution in [3.05, 3.63) is 52.6 Å². The minimum Gasteiger partial charge on any atom is -0.310 e. The van der Waals surface area contributed by atoms with Crippen LogP contribution < -0.4 is 5.32 Å². The Balaban J connectivity index is 1.64. The maximum Gasteiger partial charge on any atom is 0.236 e. The molecular formula is C20H22BrN5OS. The van der Waals surface area contributed by atoms with Gasteiger partial charge in [-0.25, -0.2) is 4.98 Å². The number of amides is 1. The molecule has 146 valence electrons. The van der Waals surface area contributed by atoms with Crippen molar-refractivity contribution in [1.82, 2.24) is 19.7 Å². The van der Waals surface area contributed by atoms with Crippen LogP contribution in [0.4, 0.5) is 5.82 Å². The number of anilines is 1. The van der Waals surface area contributed by atoms with E-state index in [2.05, 4.69) is 81.5 Å². The van der Waals surface area contributed by atoms with Crippen LogP contribution in [0.1, 0.15) is 26.3 Å². The molecule has 0 atom stereocenters. The van der Waals surface area contributed by atoms with Crippen LogP contribution in [0.5, 0.6) is 0 Å². The first-order valence-electron chi connectivity index (χ1n) is 8.78. The summed E-state index contributed by atoms with van der Waals surface area (Å²) in [6.45, 7) is 6.57. The van der Waals surface area contributed by atoms with Crippen molar-refractivity contribution in [2.24, 2.45) is 7.05 Å². The number of aromatic nitrogens is 4. The molecule has 0 spiro atoms. The second kappa shape index (κ2) is 8.45. The molecule has 0 radical (unpaired) electrons. The van der Waals surface area contributed by atoms with E-state index in [9.17, 15) is 4.79 Å². The van der Waals surface area contributed by atoms with Crippen molar-refractivity contribution in [3.63, 3.8) is 0 Å². The smallest absolute Gasteiger partial charge is 0.236 e. The van der Waals surface area contributed by atoms with E-state index in [1.807, 2.05) is 17.7 Å². The number of pyridine rings is 1. The Labute approximate surface area is 177 Å². The van der Waals surface area contributed by atoms with Gasteiger partial charge in [0.2, 0.25) is 5.91 Å². The van der Waals surface area contributed by atoms with Crippen molar-refractivity contribution in [3.8, 4) is 11.4 Å². The minimum atomic E-state index is -0.140. The second-order valence-electron chi connectivity index (χ2n) is 7.39. The van der Waals surface area contributed by atoms with E-state index in [0.29, 0.717) is 11.0 Å². The monoisotopic (exact) mass is 459 g/mol. The zero-order valence-electron chi connectivity index (χ0n) is 16.2. The fourth-order valence-electron chi connectivity index (χ4n) is 2.57. The van der Waals surface area contributed by atoms with Crippen molar-refractivity contribution in [2.45, 2.75) is 31.3 Å². The third kappa shape index (κ3) is 4.99. The van der Waals surface area contributed by atoms with E-state index in [-0.39, 0.29) is 17.1 Å². The quantitative estimate of drug-likeness (QED) is 0.561. The van der Waals surface area contributed by atoms with Gasteiger partial charge in [-0.2, -0.15) is 0 Å². The Morgan fingerprint density at radius 1 is 1.14 bits per heavy atom. The highest BCUT2D eigenvalue weighted by atomic mass is 79.9. The average molecular weight is 460 g/mol. The average Bonchev–Trinajstić information content (AvgIpc) is 3.02. The predicted molar refractivity (Wildman–Crippen MR) is 116 cm³/mol.